The Morgan fingerprint density at radius 2 is 1.64 bits per heavy atom. The molecule has 1 aliphatic carbocycles. The van der Waals surface area contributed by atoms with Gasteiger partial charge in [0, 0.05) is 37.6 Å². The molecule has 1 saturated carbocycles. The fraction of sp³-hybridized carbons (Fsp3) is 0.514. The maximum Gasteiger partial charge on any atom is 0.243 e. The lowest BCUT2D eigenvalue weighted by molar-refractivity contribution is -0.0312. The first-order valence-corrected chi connectivity index (χ1v) is 20.2. The van der Waals surface area contributed by atoms with Crippen molar-refractivity contribution in [3.63, 3.8) is 0 Å². The quantitative estimate of drug-likeness (QED) is 0.194. The molecule has 2 atom stereocenters. The van der Waals surface area contributed by atoms with Gasteiger partial charge in [-0.15, -0.1) is 0 Å². The van der Waals surface area contributed by atoms with Crippen LogP contribution in [0.5, 0.6) is 5.75 Å². The van der Waals surface area contributed by atoms with Gasteiger partial charge in [-0.2, -0.15) is 4.31 Å². The standard InChI is InChI=1S/C37H49N3O8S2/c1-35(2,25-38)29-11-9-27(10-12-29)28-5-3-8-34(19-28)50(45,46)40-17-15-36(16-18-40)21-30(23-48-36)39-22-31(42)24-47-32-6-4-7-33(20-32)49(43,44)37(26-41)13-14-37/h3-12,19-20,30-31,39,41-42H,13-18,21-26,38H2,1-2H3. The van der Waals surface area contributed by atoms with E-state index >= 15 is 0 Å². The molecule has 11 nitrogen and oxygen atoms in total. The summed E-state index contributed by atoms with van der Waals surface area (Å²) in [6.07, 6.45) is 1.87. The van der Waals surface area contributed by atoms with Crippen molar-refractivity contribution in [2.45, 2.75) is 83.7 Å². The van der Waals surface area contributed by atoms with Crippen molar-refractivity contribution >= 4 is 19.9 Å². The molecule has 0 aromatic heterocycles. The van der Waals surface area contributed by atoms with Crippen LogP contribution in [0.4, 0.5) is 0 Å². The lowest BCUT2D eigenvalue weighted by Gasteiger charge is -2.38. The number of nitrogens with one attached hydrogen (secondary N) is 1. The van der Waals surface area contributed by atoms with Gasteiger partial charge in [0.15, 0.2) is 9.84 Å². The number of hydrogen-bond donors (Lipinski definition) is 4. The van der Waals surface area contributed by atoms with Crippen molar-refractivity contribution in [1.29, 1.82) is 0 Å². The van der Waals surface area contributed by atoms with E-state index in [1.54, 1.807) is 34.6 Å². The van der Waals surface area contributed by atoms with Gasteiger partial charge in [0.05, 0.1) is 33.4 Å². The van der Waals surface area contributed by atoms with E-state index in [1.807, 2.05) is 30.3 Å². The molecule has 5 N–H and O–H groups in total. The molecule has 3 aromatic carbocycles. The first kappa shape index (κ1) is 36.9. The molecule has 1 spiro atoms. The van der Waals surface area contributed by atoms with Crippen LogP contribution in [0, 0.1) is 0 Å². The number of hydrogen-bond acceptors (Lipinski definition) is 10. The average molecular weight is 728 g/mol. The molecule has 2 unspecified atom stereocenters. The van der Waals surface area contributed by atoms with Crippen molar-refractivity contribution in [3.8, 4) is 16.9 Å². The molecule has 0 radical (unpaired) electrons. The van der Waals surface area contributed by atoms with Gasteiger partial charge in [-0.1, -0.05) is 56.3 Å². The van der Waals surface area contributed by atoms with Crippen LogP contribution in [0.3, 0.4) is 0 Å². The Kier molecular flexibility index (Phi) is 10.5. The monoisotopic (exact) mass is 727 g/mol. The van der Waals surface area contributed by atoms with E-state index in [0.717, 1.165) is 16.7 Å². The number of benzene rings is 3. The van der Waals surface area contributed by atoms with Crippen LogP contribution in [0.15, 0.2) is 82.6 Å². The summed E-state index contributed by atoms with van der Waals surface area (Å²) in [7, 11) is -7.38. The third kappa shape index (κ3) is 7.51. The summed E-state index contributed by atoms with van der Waals surface area (Å²) in [6, 6.07) is 21.4. The number of aliphatic hydroxyl groups is 2. The van der Waals surface area contributed by atoms with Crippen LogP contribution < -0.4 is 15.8 Å². The maximum atomic E-state index is 13.7. The van der Waals surface area contributed by atoms with Gasteiger partial charge in [0.1, 0.15) is 18.5 Å². The molecule has 2 saturated heterocycles. The summed E-state index contributed by atoms with van der Waals surface area (Å²) in [5, 5.41) is 23.5. The minimum Gasteiger partial charge on any atom is -0.491 e. The van der Waals surface area contributed by atoms with Crippen molar-refractivity contribution in [2.75, 3.05) is 46.0 Å². The summed E-state index contributed by atoms with van der Waals surface area (Å²) >= 11 is 0. The van der Waals surface area contributed by atoms with Crippen molar-refractivity contribution in [2.24, 2.45) is 5.73 Å². The predicted molar refractivity (Wildman–Crippen MR) is 191 cm³/mol. The molecule has 272 valence electrons. The number of nitrogens with zero attached hydrogens (tertiary/aromatic N) is 1. The topological polar surface area (TPSA) is 168 Å². The second-order valence-corrected chi connectivity index (χ2v) is 19.0. The molecule has 3 aliphatic rings. The normalized spacial score (nSPS) is 21.3. The first-order chi connectivity index (χ1) is 23.7. The highest BCUT2D eigenvalue weighted by atomic mass is 32.2. The molecule has 50 heavy (non-hydrogen) atoms. The zero-order valence-corrected chi connectivity index (χ0v) is 30.4. The van der Waals surface area contributed by atoms with E-state index in [4.69, 9.17) is 15.2 Å². The molecule has 3 fully saturated rings. The number of sulfone groups is 1. The fourth-order valence-corrected chi connectivity index (χ4v) is 10.2. The van der Waals surface area contributed by atoms with Crippen LogP contribution in [0.1, 0.15) is 51.5 Å². The van der Waals surface area contributed by atoms with Gasteiger partial charge in [0.2, 0.25) is 10.0 Å². The molecule has 2 aliphatic heterocycles. The number of ether oxygens (including phenoxy) is 2. The molecule has 13 heteroatoms. The summed E-state index contributed by atoms with van der Waals surface area (Å²) in [5.41, 5.74) is 8.27. The van der Waals surface area contributed by atoms with Gasteiger partial charge >= 0.3 is 0 Å². The van der Waals surface area contributed by atoms with Crippen LogP contribution in [-0.4, -0.2) is 99.8 Å². The lowest BCUT2D eigenvalue weighted by atomic mass is 9.84. The molecule has 2 heterocycles. The summed E-state index contributed by atoms with van der Waals surface area (Å²) in [4.78, 5) is 0.370. The molecular formula is C37H49N3O8S2. The zero-order valence-electron chi connectivity index (χ0n) is 28.8. The molecule has 0 bridgehead atoms. The Labute approximate surface area is 295 Å². The number of piperidine rings is 1. The third-order valence-electron chi connectivity index (χ3n) is 10.7. The number of nitrogens with two attached hydrogens (primary N) is 1. The molecule has 0 amide bonds. The number of rotatable bonds is 14. The van der Waals surface area contributed by atoms with E-state index in [9.17, 15) is 27.0 Å². The van der Waals surface area contributed by atoms with Gasteiger partial charge in [-0.3, -0.25) is 0 Å². The molecule has 3 aromatic rings. The van der Waals surface area contributed by atoms with Gasteiger partial charge in [-0.05, 0) is 79.1 Å². The number of aliphatic hydroxyl groups excluding tert-OH is 2. The van der Waals surface area contributed by atoms with Gasteiger partial charge in [0.25, 0.3) is 0 Å². The van der Waals surface area contributed by atoms with Crippen LogP contribution in [0.25, 0.3) is 11.1 Å². The van der Waals surface area contributed by atoms with Crippen molar-refractivity contribution < 1.29 is 36.5 Å². The second-order valence-electron chi connectivity index (χ2n) is 14.7. The summed E-state index contributed by atoms with van der Waals surface area (Å²) in [5.74, 6) is 0.330. The largest absolute Gasteiger partial charge is 0.491 e. The third-order valence-corrected chi connectivity index (χ3v) is 15.1. The van der Waals surface area contributed by atoms with Crippen LogP contribution in [-0.2, 0) is 30.0 Å². The van der Waals surface area contributed by atoms with Gasteiger partial charge < -0.3 is 30.7 Å². The van der Waals surface area contributed by atoms with Crippen LogP contribution >= 0.6 is 0 Å². The average Bonchev–Trinajstić information content (AvgIpc) is 3.86. The van der Waals surface area contributed by atoms with E-state index in [0.29, 0.717) is 64.1 Å². The Bertz CT molecular complexity index is 1870. The highest BCUT2D eigenvalue weighted by molar-refractivity contribution is 7.93. The van der Waals surface area contributed by atoms with Gasteiger partial charge in [-0.25, -0.2) is 16.8 Å². The van der Waals surface area contributed by atoms with Crippen molar-refractivity contribution in [3.05, 3.63) is 78.4 Å². The summed E-state index contributed by atoms with van der Waals surface area (Å²) in [6.45, 7) is 5.69. The fourth-order valence-electron chi connectivity index (χ4n) is 6.86. The van der Waals surface area contributed by atoms with Crippen LogP contribution in [0.2, 0.25) is 0 Å². The Morgan fingerprint density at radius 1 is 0.960 bits per heavy atom. The predicted octanol–water partition coefficient (Wildman–Crippen LogP) is 3.23. The molecule has 6 rings (SSSR count). The summed E-state index contributed by atoms with van der Waals surface area (Å²) < 4.78 is 65.7. The smallest absolute Gasteiger partial charge is 0.243 e. The zero-order chi connectivity index (χ0) is 35.8. The maximum absolute atomic E-state index is 13.7. The van der Waals surface area contributed by atoms with E-state index in [2.05, 4.69) is 19.2 Å². The van der Waals surface area contributed by atoms with Crippen molar-refractivity contribution in [1.82, 2.24) is 9.62 Å². The SMILES string of the molecule is CC(C)(CN)c1ccc(-c2cccc(S(=O)(=O)N3CCC4(CC3)CC(NCC(O)COc3cccc(S(=O)(=O)C5(CO)CC5)c3)CO4)c2)cc1. The number of sulfonamides is 1. The van der Waals surface area contributed by atoms with E-state index < -0.39 is 42.9 Å². The van der Waals surface area contributed by atoms with E-state index in [-0.39, 0.29) is 34.4 Å². The first-order valence-electron chi connectivity index (χ1n) is 17.3. The van der Waals surface area contributed by atoms with E-state index in [1.165, 1.54) is 12.1 Å². The Balaban J connectivity index is 0.981. The Morgan fingerprint density at radius 3 is 2.30 bits per heavy atom. The minimum absolute atomic E-state index is 0.00649. The lowest BCUT2D eigenvalue weighted by Crippen LogP contribution is -2.47. The molecular weight excluding hydrogens is 679 g/mol. The second kappa shape index (κ2) is 14.3. The highest BCUT2D eigenvalue weighted by Crippen LogP contribution is 2.46. The Hall–Kier alpha value is -2.88. The minimum atomic E-state index is -3.70. The highest BCUT2D eigenvalue weighted by Gasteiger charge is 2.54.